The zero-order valence-corrected chi connectivity index (χ0v) is 13.6. The van der Waals surface area contributed by atoms with Gasteiger partial charge in [-0.25, -0.2) is 0 Å². The van der Waals surface area contributed by atoms with Gasteiger partial charge in [0.1, 0.15) is 16.1 Å². The molecular weight excluding hydrogens is 278 g/mol. The van der Waals surface area contributed by atoms with Crippen molar-refractivity contribution < 1.29 is 4.55 Å². The van der Waals surface area contributed by atoms with Crippen LogP contribution in [0.4, 0.5) is 0 Å². The van der Waals surface area contributed by atoms with Crippen LogP contribution in [0.25, 0.3) is 0 Å². The summed E-state index contributed by atoms with van der Waals surface area (Å²) in [6.45, 7) is 5.76. The van der Waals surface area contributed by atoms with Gasteiger partial charge in [0.15, 0.2) is 0 Å². The molecule has 2 aromatic carbocycles. The third-order valence-corrected chi connectivity index (χ3v) is 4.40. The fourth-order valence-corrected chi connectivity index (χ4v) is 2.35. The smallest absolute Gasteiger partial charge is 0.144 e. The molecule has 1 atom stereocenters. The molecule has 0 bridgehead atoms. The van der Waals surface area contributed by atoms with E-state index in [0.717, 1.165) is 12.0 Å². The van der Waals surface area contributed by atoms with Crippen molar-refractivity contribution in [2.24, 2.45) is 4.40 Å². The van der Waals surface area contributed by atoms with Gasteiger partial charge in [-0.05, 0) is 43.9 Å². The molecule has 0 aliphatic carbocycles. The molecule has 21 heavy (non-hydrogen) atoms. The van der Waals surface area contributed by atoms with Crippen LogP contribution in [0, 0.1) is 0 Å². The lowest BCUT2D eigenvalue weighted by Crippen LogP contribution is -2.25. The van der Waals surface area contributed by atoms with Gasteiger partial charge in [-0.1, -0.05) is 59.0 Å². The van der Waals surface area contributed by atoms with E-state index in [9.17, 15) is 4.55 Å². The van der Waals surface area contributed by atoms with Crippen molar-refractivity contribution in [1.82, 2.24) is 0 Å². The number of hydrogen-bond acceptors (Lipinski definition) is 2. The van der Waals surface area contributed by atoms with Crippen molar-refractivity contribution in [1.29, 1.82) is 0 Å². The Morgan fingerprint density at radius 1 is 0.952 bits per heavy atom. The maximum atomic E-state index is 11.9. The molecular formula is C18H21NOS. The summed E-state index contributed by atoms with van der Waals surface area (Å²) >= 11 is -1.21. The molecule has 0 aliphatic rings. The van der Waals surface area contributed by atoms with Crippen LogP contribution < -0.4 is 0 Å². The Morgan fingerprint density at radius 2 is 1.52 bits per heavy atom. The highest BCUT2D eigenvalue weighted by molar-refractivity contribution is 7.91. The van der Waals surface area contributed by atoms with E-state index in [1.54, 1.807) is 6.21 Å². The highest BCUT2D eigenvalue weighted by Gasteiger charge is 2.25. The van der Waals surface area contributed by atoms with E-state index < -0.39 is 11.4 Å². The van der Waals surface area contributed by atoms with Gasteiger partial charge in [0.25, 0.3) is 0 Å². The molecule has 0 saturated heterocycles. The van der Waals surface area contributed by atoms with Gasteiger partial charge in [-0.3, -0.25) is 0 Å². The number of benzene rings is 2. The highest BCUT2D eigenvalue weighted by atomic mass is 32.2. The normalized spacial score (nSPS) is 13.5. The predicted molar refractivity (Wildman–Crippen MR) is 91.2 cm³/mol. The lowest BCUT2D eigenvalue weighted by atomic mass is 10.0. The van der Waals surface area contributed by atoms with Gasteiger partial charge in [0, 0.05) is 0 Å². The molecule has 0 amide bonds. The molecule has 2 aromatic rings. The average Bonchev–Trinajstić information content (AvgIpc) is 2.46. The molecule has 0 heterocycles. The minimum absolute atomic E-state index is 0.316. The van der Waals surface area contributed by atoms with Crippen LogP contribution in [0.1, 0.15) is 37.5 Å². The summed E-state index contributed by atoms with van der Waals surface area (Å²) in [7, 11) is 0. The third-order valence-electron chi connectivity index (χ3n) is 3.05. The van der Waals surface area contributed by atoms with Gasteiger partial charge in [-0.2, -0.15) is 0 Å². The number of rotatable bonds is 4. The van der Waals surface area contributed by atoms with E-state index in [2.05, 4.69) is 40.8 Å². The van der Waals surface area contributed by atoms with Crippen LogP contribution >= 0.6 is 0 Å². The van der Waals surface area contributed by atoms with Crippen molar-refractivity contribution >= 4 is 17.6 Å². The third kappa shape index (κ3) is 5.03. The summed E-state index contributed by atoms with van der Waals surface area (Å²) in [6.07, 6.45) is 2.61. The summed E-state index contributed by atoms with van der Waals surface area (Å²) < 4.78 is 15.7. The molecule has 0 fully saturated rings. The predicted octanol–water partition coefficient (Wildman–Crippen LogP) is 4.16. The molecule has 0 saturated carbocycles. The highest BCUT2D eigenvalue weighted by Crippen LogP contribution is 2.17. The monoisotopic (exact) mass is 299 g/mol. The zero-order valence-electron chi connectivity index (χ0n) is 12.7. The summed E-state index contributed by atoms with van der Waals surface area (Å²) in [5, 5.41) is 0. The van der Waals surface area contributed by atoms with E-state index in [4.69, 9.17) is 0 Å². The molecule has 2 nitrogen and oxygen atoms in total. The molecule has 2 rings (SSSR count). The zero-order chi connectivity index (χ0) is 15.3. The van der Waals surface area contributed by atoms with E-state index >= 15 is 0 Å². The first-order chi connectivity index (χ1) is 9.95. The quantitative estimate of drug-likeness (QED) is 0.617. The van der Waals surface area contributed by atoms with Crippen molar-refractivity contribution in [2.45, 2.75) is 31.9 Å². The second-order valence-electron chi connectivity index (χ2n) is 6.00. The minimum Gasteiger partial charge on any atom is -0.591 e. The van der Waals surface area contributed by atoms with Crippen LogP contribution in [0.5, 0.6) is 0 Å². The van der Waals surface area contributed by atoms with Crippen LogP contribution in [-0.2, 0) is 17.8 Å². The maximum absolute atomic E-state index is 11.9. The molecule has 0 aliphatic heterocycles. The molecule has 110 valence electrons. The first-order valence-electron chi connectivity index (χ1n) is 7.04. The topological polar surface area (TPSA) is 35.4 Å². The van der Waals surface area contributed by atoms with Crippen molar-refractivity contribution in [3.63, 3.8) is 0 Å². The molecule has 1 unspecified atom stereocenters. The number of hydrogen-bond donors (Lipinski definition) is 0. The lowest BCUT2D eigenvalue weighted by Gasteiger charge is -2.17. The summed E-state index contributed by atoms with van der Waals surface area (Å²) in [6, 6.07) is 18.6. The van der Waals surface area contributed by atoms with Crippen molar-refractivity contribution in [3.05, 3.63) is 71.3 Å². The van der Waals surface area contributed by atoms with Crippen molar-refractivity contribution in [3.8, 4) is 0 Å². The Bertz CT molecular complexity index is 585. The van der Waals surface area contributed by atoms with Crippen LogP contribution in [0.15, 0.2) is 59.0 Å². The summed E-state index contributed by atoms with van der Waals surface area (Å²) in [5.41, 5.74) is 3.53. The molecule has 0 aromatic heterocycles. The summed E-state index contributed by atoms with van der Waals surface area (Å²) in [5.74, 6) is 0. The number of nitrogens with zero attached hydrogens (tertiary/aromatic N) is 1. The van der Waals surface area contributed by atoms with E-state index in [0.29, 0.717) is 0 Å². The fraction of sp³-hybridized carbons (Fsp3) is 0.278. The fourth-order valence-electron chi connectivity index (χ4n) is 1.82. The molecule has 0 radical (unpaired) electrons. The molecule has 0 spiro atoms. The van der Waals surface area contributed by atoms with E-state index in [-0.39, 0.29) is 4.75 Å². The van der Waals surface area contributed by atoms with E-state index in [1.165, 1.54) is 11.1 Å². The standard InChI is InChI=1S/C18H21NOS/c1-18(2,3)21(20)19-14-17-11-9-16(10-12-17)13-15-7-5-4-6-8-15/h4-12,14H,13H2,1-3H3/b19-14+. The second-order valence-corrected chi connectivity index (χ2v) is 7.93. The first-order valence-corrected chi connectivity index (χ1v) is 8.15. The minimum atomic E-state index is -1.21. The SMILES string of the molecule is CC(C)(C)[S+]([O-])/N=C/c1ccc(Cc2ccccc2)cc1. The van der Waals surface area contributed by atoms with Gasteiger partial charge in [0.05, 0.1) is 6.21 Å². The Labute approximate surface area is 130 Å². The van der Waals surface area contributed by atoms with Crippen molar-refractivity contribution in [2.75, 3.05) is 0 Å². The lowest BCUT2D eigenvalue weighted by molar-refractivity contribution is 0.562. The Balaban J connectivity index is 2.01. The maximum Gasteiger partial charge on any atom is 0.144 e. The largest absolute Gasteiger partial charge is 0.591 e. The Morgan fingerprint density at radius 3 is 2.10 bits per heavy atom. The Hall–Kier alpha value is -1.58. The second kappa shape index (κ2) is 6.92. The van der Waals surface area contributed by atoms with Gasteiger partial charge < -0.3 is 4.55 Å². The van der Waals surface area contributed by atoms with Gasteiger partial charge in [-0.15, -0.1) is 0 Å². The van der Waals surface area contributed by atoms with E-state index in [1.807, 2.05) is 39.0 Å². The summed E-state index contributed by atoms with van der Waals surface area (Å²) in [4.78, 5) is 0. The van der Waals surface area contributed by atoms with Crippen LogP contribution in [-0.4, -0.2) is 15.5 Å². The van der Waals surface area contributed by atoms with Crippen LogP contribution in [0.3, 0.4) is 0 Å². The average molecular weight is 299 g/mol. The molecule has 0 N–H and O–H groups in total. The van der Waals surface area contributed by atoms with Crippen LogP contribution in [0.2, 0.25) is 0 Å². The van der Waals surface area contributed by atoms with Gasteiger partial charge in [0.2, 0.25) is 0 Å². The Kier molecular flexibility index (Phi) is 5.21. The van der Waals surface area contributed by atoms with Gasteiger partial charge >= 0.3 is 0 Å². The first kappa shape index (κ1) is 15.8. The molecule has 3 heteroatoms.